The fourth-order valence-electron chi connectivity index (χ4n) is 2.56. The molecule has 1 atom stereocenters. The van der Waals surface area contributed by atoms with Gasteiger partial charge in [-0.15, -0.1) is 0 Å². The number of rotatable bonds is 8. The zero-order valence-electron chi connectivity index (χ0n) is 13.5. The van der Waals surface area contributed by atoms with Crippen molar-refractivity contribution in [3.05, 3.63) is 29.8 Å². The summed E-state index contributed by atoms with van der Waals surface area (Å²) in [7, 11) is 1.95. The van der Waals surface area contributed by atoms with E-state index in [2.05, 4.69) is 5.32 Å². The highest BCUT2D eigenvalue weighted by Crippen LogP contribution is 2.13. The molecule has 122 valence electrons. The number of amides is 1. The molecule has 1 fully saturated rings. The van der Waals surface area contributed by atoms with Crippen LogP contribution < -0.4 is 10.1 Å². The Kier molecular flexibility index (Phi) is 6.68. The van der Waals surface area contributed by atoms with E-state index in [-0.39, 0.29) is 12.0 Å². The smallest absolute Gasteiger partial charge is 0.234 e. The van der Waals surface area contributed by atoms with E-state index >= 15 is 0 Å². The average Bonchev–Trinajstić information content (AvgIpc) is 3.01. The second kappa shape index (κ2) is 8.76. The van der Waals surface area contributed by atoms with Crippen molar-refractivity contribution in [1.29, 1.82) is 0 Å². The van der Waals surface area contributed by atoms with E-state index in [1.54, 1.807) is 0 Å². The van der Waals surface area contributed by atoms with Crippen LogP contribution in [0.5, 0.6) is 5.75 Å². The maximum Gasteiger partial charge on any atom is 0.234 e. The summed E-state index contributed by atoms with van der Waals surface area (Å²) in [5, 5.41) is 2.94. The first-order valence-corrected chi connectivity index (χ1v) is 7.96. The molecule has 22 heavy (non-hydrogen) atoms. The minimum absolute atomic E-state index is 0.0453. The van der Waals surface area contributed by atoms with Gasteiger partial charge < -0.3 is 14.8 Å². The molecule has 1 N–H and O–H groups in total. The molecule has 0 aliphatic carbocycles. The van der Waals surface area contributed by atoms with Crippen LogP contribution in [0.1, 0.15) is 25.3 Å². The maximum atomic E-state index is 11.9. The second-order valence-corrected chi connectivity index (χ2v) is 5.69. The van der Waals surface area contributed by atoms with Gasteiger partial charge in [0, 0.05) is 19.7 Å². The third kappa shape index (κ3) is 5.66. The number of carbonyl (C=O) groups is 1. The van der Waals surface area contributed by atoms with Crippen molar-refractivity contribution in [2.45, 2.75) is 32.4 Å². The van der Waals surface area contributed by atoms with E-state index in [4.69, 9.17) is 9.47 Å². The highest BCUT2D eigenvalue weighted by Gasteiger charge is 2.16. The number of nitrogens with zero attached hydrogens (tertiary/aromatic N) is 1. The number of benzene rings is 1. The summed E-state index contributed by atoms with van der Waals surface area (Å²) in [6.07, 6.45) is 2.33. The maximum absolute atomic E-state index is 11.9. The van der Waals surface area contributed by atoms with E-state index in [0.29, 0.717) is 19.7 Å². The summed E-state index contributed by atoms with van der Waals surface area (Å²) in [6.45, 7) is 5.20. The number of ether oxygens (including phenoxy) is 2. The van der Waals surface area contributed by atoms with Crippen LogP contribution in [-0.4, -0.2) is 50.3 Å². The van der Waals surface area contributed by atoms with Gasteiger partial charge >= 0.3 is 0 Å². The first-order chi connectivity index (χ1) is 10.7. The Morgan fingerprint density at radius 3 is 2.82 bits per heavy atom. The Morgan fingerprint density at radius 2 is 2.18 bits per heavy atom. The third-order valence-electron chi connectivity index (χ3n) is 3.65. The van der Waals surface area contributed by atoms with Gasteiger partial charge in [0.15, 0.2) is 0 Å². The third-order valence-corrected chi connectivity index (χ3v) is 3.65. The van der Waals surface area contributed by atoms with Crippen molar-refractivity contribution >= 4 is 5.91 Å². The molecule has 0 spiro atoms. The van der Waals surface area contributed by atoms with Crippen LogP contribution >= 0.6 is 0 Å². The molecule has 1 aliphatic rings. The molecule has 1 aliphatic heterocycles. The molecule has 1 heterocycles. The van der Waals surface area contributed by atoms with Gasteiger partial charge in [-0.25, -0.2) is 0 Å². The monoisotopic (exact) mass is 306 g/mol. The molecule has 1 aromatic rings. The lowest BCUT2D eigenvalue weighted by Crippen LogP contribution is -2.38. The molecular formula is C17H26N2O3. The van der Waals surface area contributed by atoms with Crippen molar-refractivity contribution in [2.24, 2.45) is 0 Å². The van der Waals surface area contributed by atoms with Gasteiger partial charge in [-0.05, 0) is 44.5 Å². The van der Waals surface area contributed by atoms with Crippen LogP contribution in [0, 0.1) is 0 Å². The lowest BCUT2D eigenvalue weighted by atomic mass is 10.2. The van der Waals surface area contributed by atoms with Gasteiger partial charge in [0.2, 0.25) is 5.91 Å². The SMILES string of the molecule is CCOc1ccc(CN(C)CC(=O)NCC2CCCO2)cc1. The van der Waals surface area contributed by atoms with Crippen molar-refractivity contribution in [3.63, 3.8) is 0 Å². The molecular weight excluding hydrogens is 280 g/mol. The topological polar surface area (TPSA) is 50.8 Å². The summed E-state index contributed by atoms with van der Waals surface area (Å²) in [5.41, 5.74) is 1.16. The molecule has 0 bridgehead atoms. The second-order valence-electron chi connectivity index (χ2n) is 5.69. The Hall–Kier alpha value is -1.59. The van der Waals surface area contributed by atoms with E-state index in [1.165, 1.54) is 0 Å². The molecule has 1 amide bonds. The highest BCUT2D eigenvalue weighted by atomic mass is 16.5. The summed E-state index contributed by atoms with van der Waals surface area (Å²) in [6, 6.07) is 7.99. The molecule has 0 saturated carbocycles. The predicted molar refractivity (Wildman–Crippen MR) is 85.9 cm³/mol. The Bertz CT molecular complexity index is 455. The minimum Gasteiger partial charge on any atom is -0.494 e. The molecule has 0 radical (unpaired) electrons. The van der Waals surface area contributed by atoms with Gasteiger partial charge in [-0.2, -0.15) is 0 Å². The zero-order chi connectivity index (χ0) is 15.8. The van der Waals surface area contributed by atoms with Gasteiger partial charge in [0.1, 0.15) is 5.75 Å². The van der Waals surface area contributed by atoms with E-state index in [1.807, 2.05) is 43.1 Å². The van der Waals surface area contributed by atoms with Gasteiger partial charge in [0.25, 0.3) is 0 Å². The fraction of sp³-hybridized carbons (Fsp3) is 0.588. The zero-order valence-corrected chi connectivity index (χ0v) is 13.5. The number of hydrogen-bond donors (Lipinski definition) is 1. The van der Waals surface area contributed by atoms with Crippen LogP contribution in [0.3, 0.4) is 0 Å². The van der Waals surface area contributed by atoms with Gasteiger partial charge in [-0.3, -0.25) is 9.69 Å². The van der Waals surface area contributed by atoms with E-state index in [9.17, 15) is 4.79 Å². The fourth-order valence-corrected chi connectivity index (χ4v) is 2.56. The van der Waals surface area contributed by atoms with Crippen molar-refractivity contribution in [3.8, 4) is 5.75 Å². The molecule has 5 heteroatoms. The van der Waals surface area contributed by atoms with Crippen LogP contribution in [-0.2, 0) is 16.1 Å². The number of carbonyl (C=O) groups excluding carboxylic acids is 1. The molecule has 5 nitrogen and oxygen atoms in total. The van der Waals surface area contributed by atoms with Gasteiger partial charge in [0.05, 0.1) is 19.3 Å². The molecule has 1 unspecified atom stereocenters. The standard InChI is InChI=1S/C17H26N2O3/c1-3-21-15-8-6-14(7-9-15)12-19(2)13-17(20)18-11-16-5-4-10-22-16/h6-9,16H,3-5,10-13H2,1-2H3,(H,18,20). The summed E-state index contributed by atoms with van der Waals surface area (Å²) in [4.78, 5) is 13.9. The van der Waals surface area contributed by atoms with Crippen LogP contribution in [0.25, 0.3) is 0 Å². The number of likely N-dealkylation sites (N-methyl/N-ethyl adjacent to an activating group) is 1. The molecule has 2 rings (SSSR count). The van der Waals surface area contributed by atoms with Crippen molar-refractivity contribution in [1.82, 2.24) is 10.2 Å². The first kappa shape index (κ1) is 16.8. The quantitative estimate of drug-likeness (QED) is 0.796. The Labute approximate surface area is 132 Å². The highest BCUT2D eigenvalue weighted by molar-refractivity contribution is 5.78. The Balaban J connectivity index is 1.69. The molecule has 0 aromatic heterocycles. The molecule has 1 saturated heterocycles. The lowest BCUT2D eigenvalue weighted by Gasteiger charge is -2.17. The van der Waals surface area contributed by atoms with Crippen LogP contribution in [0.2, 0.25) is 0 Å². The van der Waals surface area contributed by atoms with E-state index in [0.717, 1.165) is 37.3 Å². The Morgan fingerprint density at radius 1 is 1.41 bits per heavy atom. The summed E-state index contributed by atoms with van der Waals surface area (Å²) < 4.78 is 10.9. The lowest BCUT2D eigenvalue weighted by molar-refractivity contribution is -0.122. The number of nitrogens with one attached hydrogen (secondary N) is 1. The normalized spacial score (nSPS) is 17.7. The predicted octanol–water partition coefficient (Wildman–Crippen LogP) is 1.81. The van der Waals surface area contributed by atoms with Crippen LogP contribution in [0.15, 0.2) is 24.3 Å². The van der Waals surface area contributed by atoms with Crippen molar-refractivity contribution in [2.75, 3.05) is 33.4 Å². The first-order valence-electron chi connectivity index (χ1n) is 7.96. The number of hydrogen-bond acceptors (Lipinski definition) is 4. The average molecular weight is 306 g/mol. The van der Waals surface area contributed by atoms with Gasteiger partial charge in [-0.1, -0.05) is 12.1 Å². The van der Waals surface area contributed by atoms with Crippen molar-refractivity contribution < 1.29 is 14.3 Å². The van der Waals surface area contributed by atoms with Crippen LogP contribution in [0.4, 0.5) is 0 Å². The largest absolute Gasteiger partial charge is 0.494 e. The van der Waals surface area contributed by atoms with E-state index < -0.39 is 0 Å². The molecule has 1 aromatic carbocycles. The minimum atomic E-state index is 0.0453. The summed E-state index contributed by atoms with van der Waals surface area (Å²) >= 11 is 0. The summed E-state index contributed by atoms with van der Waals surface area (Å²) in [5.74, 6) is 0.923.